The summed E-state index contributed by atoms with van der Waals surface area (Å²) >= 11 is 4.73. The fourth-order valence-corrected chi connectivity index (χ4v) is 5.05. The van der Waals surface area contributed by atoms with E-state index in [1.54, 1.807) is 6.07 Å². The van der Waals surface area contributed by atoms with Gasteiger partial charge in [-0.25, -0.2) is 13.1 Å². The van der Waals surface area contributed by atoms with Gasteiger partial charge >= 0.3 is 0 Å². The van der Waals surface area contributed by atoms with Crippen LogP contribution in [0.2, 0.25) is 0 Å². The number of sulfonamides is 1. The summed E-state index contributed by atoms with van der Waals surface area (Å²) in [5, 5.41) is 0.876. The topological polar surface area (TPSA) is 46.2 Å². The maximum Gasteiger partial charge on any atom is 0.250 e. The first-order valence-electron chi connectivity index (χ1n) is 5.95. The molecular weight excluding hydrogens is 334 g/mol. The van der Waals surface area contributed by atoms with Gasteiger partial charge in [-0.1, -0.05) is 36.7 Å². The highest BCUT2D eigenvalue weighted by molar-refractivity contribution is 9.09. The van der Waals surface area contributed by atoms with Gasteiger partial charge in [0.2, 0.25) is 10.0 Å². The van der Waals surface area contributed by atoms with Crippen LogP contribution in [0.3, 0.4) is 0 Å². The van der Waals surface area contributed by atoms with Crippen LogP contribution in [0.5, 0.6) is 0 Å². The van der Waals surface area contributed by atoms with Gasteiger partial charge in [-0.2, -0.15) is 0 Å². The van der Waals surface area contributed by atoms with E-state index < -0.39 is 10.0 Å². The second-order valence-corrected chi connectivity index (χ2v) is 8.96. The number of nitrogens with one attached hydrogen (secondary N) is 1. The Hall–Kier alpha value is 0.0900. The van der Waals surface area contributed by atoms with Gasteiger partial charge in [0.05, 0.1) is 0 Å². The molecule has 0 aromatic carbocycles. The van der Waals surface area contributed by atoms with Gasteiger partial charge in [-0.05, 0) is 30.4 Å². The Balaban J connectivity index is 2.71. The van der Waals surface area contributed by atoms with Crippen molar-refractivity contribution in [3.8, 4) is 0 Å². The molecule has 0 atom stereocenters. The van der Waals surface area contributed by atoms with Gasteiger partial charge in [-0.3, -0.25) is 0 Å². The van der Waals surface area contributed by atoms with E-state index in [2.05, 4.69) is 34.5 Å². The van der Waals surface area contributed by atoms with Crippen LogP contribution in [0.4, 0.5) is 0 Å². The largest absolute Gasteiger partial charge is 0.250 e. The van der Waals surface area contributed by atoms with E-state index in [-0.39, 0.29) is 5.41 Å². The maximum atomic E-state index is 12.1. The molecule has 0 saturated heterocycles. The minimum atomic E-state index is -3.35. The van der Waals surface area contributed by atoms with Gasteiger partial charge < -0.3 is 0 Å². The predicted octanol–water partition coefficient (Wildman–Crippen LogP) is 3.40. The minimum Gasteiger partial charge on any atom is -0.210 e. The summed E-state index contributed by atoms with van der Waals surface area (Å²) in [6.07, 6.45) is 1.80. The molecule has 0 saturated carbocycles. The number of rotatable bonds is 7. The van der Waals surface area contributed by atoms with E-state index in [4.69, 9.17) is 0 Å². The number of aryl methyl sites for hydroxylation is 1. The first-order valence-corrected chi connectivity index (χ1v) is 9.37. The zero-order valence-corrected chi connectivity index (χ0v) is 14.2. The van der Waals surface area contributed by atoms with Crippen molar-refractivity contribution >= 4 is 37.3 Å². The SMILES string of the molecule is CCc1ccc(S(=O)(=O)NCC(C)(C)CCBr)s1. The fourth-order valence-electron chi connectivity index (χ4n) is 1.40. The van der Waals surface area contributed by atoms with Gasteiger partial charge in [0, 0.05) is 16.8 Å². The smallest absolute Gasteiger partial charge is 0.210 e. The Kier molecular flexibility index (Phi) is 5.83. The van der Waals surface area contributed by atoms with Gasteiger partial charge in [0.15, 0.2) is 0 Å². The van der Waals surface area contributed by atoms with E-state index in [9.17, 15) is 8.42 Å². The van der Waals surface area contributed by atoms with E-state index in [1.165, 1.54) is 11.3 Å². The third kappa shape index (κ3) is 4.64. The molecule has 0 bridgehead atoms. The lowest BCUT2D eigenvalue weighted by molar-refractivity contribution is 0.354. The van der Waals surface area contributed by atoms with Crippen LogP contribution >= 0.6 is 27.3 Å². The van der Waals surface area contributed by atoms with Crippen molar-refractivity contribution in [2.24, 2.45) is 5.41 Å². The van der Waals surface area contributed by atoms with Crippen LogP contribution in [0.1, 0.15) is 32.1 Å². The maximum absolute atomic E-state index is 12.1. The second-order valence-electron chi connectivity index (χ2n) is 5.00. The number of alkyl halides is 1. The van der Waals surface area contributed by atoms with Crippen molar-refractivity contribution in [2.75, 3.05) is 11.9 Å². The second kappa shape index (κ2) is 6.50. The summed E-state index contributed by atoms with van der Waals surface area (Å²) in [6.45, 7) is 6.60. The Morgan fingerprint density at radius 3 is 2.56 bits per heavy atom. The summed E-state index contributed by atoms with van der Waals surface area (Å²) < 4.78 is 27.3. The quantitative estimate of drug-likeness (QED) is 0.763. The highest BCUT2D eigenvalue weighted by atomic mass is 79.9. The number of thiophene rings is 1. The van der Waals surface area contributed by atoms with Crippen LogP contribution in [-0.4, -0.2) is 20.3 Å². The third-order valence-corrected chi connectivity index (χ3v) is 6.28. The van der Waals surface area contributed by atoms with Crippen molar-refractivity contribution in [1.82, 2.24) is 4.72 Å². The van der Waals surface area contributed by atoms with E-state index in [0.717, 1.165) is 23.0 Å². The molecule has 104 valence electrons. The summed E-state index contributed by atoms with van der Waals surface area (Å²) in [5.74, 6) is 0. The molecular formula is C12H20BrNO2S2. The lowest BCUT2D eigenvalue weighted by Gasteiger charge is -2.23. The lowest BCUT2D eigenvalue weighted by Crippen LogP contribution is -2.33. The zero-order valence-electron chi connectivity index (χ0n) is 11.0. The molecule has 1 N–H and O–H groups in total. The van der Waals surface area contributed by atoms with Crippen molar-refractivity contribution in [3.05, 3.63) is 17.0 Å². The monoisotopic (exact) mass is 353 g/mol. The summed E-state index contributed by atoms with van der Waals surface area (Å²) in [5.41, 5.74) is -0.0403. The Morgan fingerprint density at radius 1 is 1.39 bits per heavy atom. The van der Waals surface area contributed by atoms with Crippen LogP contribution in [0.15, 0.2) is 16.3 Å². The Labute approximate surface area is 122 Å². The first kappa shape index (κ1) is 16.1. The molecule has 18 heavy (non-hydrogen) atoms. The molecule has 0 aliphatic rings. The highest BCUT2D eigenvalue weighted by Gasteiger charge is 2.22. The first-order chi connectivity index (χ1) is 8.30. The zero-order chi connectivity index (χ0) is 13.8. The van der Waals surface area contributed by atoms with Crippen LogP contribution in [0.25, 0.3) is 0 Å². The standard InChI is InChI=1S/C12H20BrNO2S2/c1-4-10-5-6-11(17-10)18(15,16)14-9-12(2,3)7-8-13/h5-6,14H,4,7-9H2,1-3H3. The molecule has 1 heterocycles. The van der Waals surface area contributed by atoms with Crippen molar-refractivity contribution in [3.63, 3.8) is 0 Å². The average Bonchev–Trinajstić information content (AvgIpc) is 2.76. The Bertz CT molecular complexity index is 480. The normalized spacial score (nSPS) is 12.9. The Morgan fingerprint density at radius 2 is 2.06 bits per heavy atom. The molecule has 1 aromatic rings. The molecule has 0 spiro atoms. The molecule has 0 aliphatic carbocycles. The molecule has 0 amide bonds. The number of hydrogen-bond acceptors (Lipinski definition) is 3. The molecule has 1 rings (SSSR count). The molecule has 0 fully saturated rings. The van der Waals surface area contributed by atoms with Gasteiger partial charge in [-0.15, -0.1) is 11.3 Å². The molecule has 0 aliphatic heterocycles. The van der Waals surface area contributed by atoms with Crippen molar-refractivity contribution in [1.29, 1.82) is 0 Å². The van der Waals surface area contributed by atoms with Crippen LogP contribution < -0.4 is 4.72 Å². The minimum absolute atomic E-state index is 0.0403. The van der Waals surface area contributed by atoms with Crippen molar-refractivity contribution < 1.29 is 8.42 Å². The lowest BCUT2D eigenvalue weighted by atomic mass is 9.91. The van der Waals surface area contributed by atoms with E-state index in [0.29, 0.717) is 10.8 Å². The molecule has 1 aromatic heterocycles. The van der Waals surface area contributed by atoms with E-state index >= 15 is 0 Å². The molecule has 6 heteroatoms. The van der Waals surface area contributed by atoms with Gasteiger partial charge in [0.25, 0.3) is 0 Å². The summed E-state index contributed by atoms with van der Waals surface area (Å²) in [6, 6.07) is 3.56. The molecule has 0 unspecified atom stereocenters. The van der Waals surface area contributed by atoms with Crippen molar-refractivity contribution in [2.45, 2.75) is 37.8 Å². The number of hydrogen-bond donors (Lipinski definition) is 1. The van der Waals surface area contributed by atoms with Crippen LogP contribution in [0, 0.1) is 5.41 Å². The molecule has 0 radical (unpaired) electrons. The third-order valence-electron chi connectivity index (χ3n) is 2.76. The average molecular weight is 354 g/mol. The predicted molar refractivity (Wildman–Crippen MR) is 81.1 cm³/mol. The van der Waals surface area contributed by atoms with Crippen LogP contribution in [-0.2, 0) is 16.4 Å². The fraction of sp³-hybridized carbons (Fsp3) is 0.667. The summed E-state index contributed by atoms with van der Waals surface area (Å²) in [7, 11) is -3.35. The summed E-state index contributed by atoms with van der Waals surface area (Å²) in [4.78, 5) is 1.09. The van der Waals surface area contributed by atoms with E-state index in [1.807, 2.05) is 13.0 Å². The highest BCUT2D eigenvalue weighted by Crippen LogP contribution is 2.24. The van der Waals surface area contributed by atoms with Gasteiger partial charge in [0.1, 0.15) is 4.21 Å². The molecule has 3 nitrogen and oxygen atoms in total. The number of halogens is 1.